The molecule has 0 bridgehead atoms. The van der Waals surface area contributed by atoms with Gasteiger partial charge in [0, 0.05) is 12.6 Å². The summed E-state index contributed by atoms with van der Waals surface area (Å²) < 4.78 is 5.38. The first-order valence-electron chi connectivity index (χ1n) is 6.68. The molecule has 0 aromatic heterocycles. The van der Waals surface area contributed by atoms with Crippen LogP contribution in [0.25, 0.3) is 0 Å². The van der Waals surface area contributed by atoms with E-state index in [1.807, 2.05) is 35.2 Å². The highest BCUT2D eigenvalue weighted by Gasteiger charge is 2.32. The van der Waals surface area contributed by atoms with Gasteiger partial charge < -0.3 is 9.64 Å². The van der Waals surface area contributed by atoms with E-state index < -0.39 is 0 Å². The Morgan fingerprint density at radius 3 is 2.78 bits per heavy atom. The third kappa shape index (κ3) is 3.03. The van der Waals surface area contributed by atoms with Crippen LogP contribution in [-0.4, -0.2) is 23.6 Å². The molecule has 1 aromatic rings. The van der Waals surface area contributed by atoms with Crippen molar-refractivity contribution in [3.8, 4) is 0 Å². The maximum atomic E-state index is 12.0. The predicted molar refractivity (Wildman–Crippen MR) is 71.2 cm³/mol. The van der Waals surface area contributed by atoms with Gasteiger partial charge in [-0.15, -0.1) is 0 Å². The van der Waals surface area contributed by atoms with E-state index >= 15 is 0 Å². The van der Waals surface area contributed by atoms with Gasteiger partial charge in [0.05, 0.1) is 0 Å². The first-order valence-corrected chi connectivity index (χ1v) is 6.68. The van der Waals surface area contributed by atoms with E-state index in [-0.39, 0.29) is 6.09 Å². The van der Waals surface area contributed by atoms with Gasteiger partial charge in [-0.1, -0.05) is 44.2 Å². The van der Waals surface area contributed by atoms with Gasteiger partial charge in [-0.2, -0.15) is 0 Å². The lowest BCUT2D eigenvalue weighted by Crippen LogP contribution is -2.35. The highest BCUT2D eigenvalue weighted by Crippen LogP contribution is 2.25. The van der Waals surface area contributed by atoms with Crippen molar-refractivity contribution in [2.75, 3.05) is 6.54 Å². The number of nitrogens with zero attached hydrogens (tertiary/aromatic N) is 1. The first kappa shape index (κ1) is 12.9. The number of benzene rings is 1. The summed E-state index contributed by atoms with van der Waals surface area (Å²) in [5, 5.41) is 0. The standard InChI is InChI=1S/C15H21NO2/c1-3-14-9-12(2)10-16(14)15(17)18-11-13-7-5-4-6-8-13/h4-8,12,14H,3,9-11H2,1-2H3/t12-,14-/m1/s1. The molecule has 2 atom stereocenters. The second-order valence-electron chi connectivity index (χ2n) is 5.10. The number of carbonyl (C=O) groups is 1. The summed E-state index contributed by atoms with van der Waals surface area (Å²) in [7, 11) is 0. The molecule has 18 heavy (non-hydrogen) atoms. The summed E-state index contributed by atoms with van der Waals surface area (Å²) >= 11 is 0. The van der Waals surface area contributed by atoms with Gasteiger partial charge in [0.2, 0.25) is 0 Å². The minimum absolute atomic E-state index is 0.171. The van der Waals surface area contributed by atoms with Gasteiger partial charge in [0.25, 0.3) is 0 Å². The number of carbonyl (C=O) groups excluding carboxylic acids is 1. The minimum Gasteiger partial charge on any atom is -0.445 e. The van der Waals surface area contributed by atoms with E-state index in [9.17, 15) is 4.79 Å². The van der Waals surface area contributed by atoms with Gasteiger partial charge in [0.15, 0.2) is 0 Å². The zero-order valence-electron chi connectivity index (χ0n) is 11.1. The molecule has 0 unspecified atom stereocenters. The van der Waals surface area contributed by atoms with Crippen LogP contribution in [0.2, 0.25) is 0 Å². The average molecular weight is 247 g/mol. The number of ether oxygens (including phenoxy) is 1. The lowest BCUT2D eigenvalue weighted by Gasteiger charge is -2.22. The van der Waals surface area contributed by atoms with Gasteiger partial charge in [-0.3, -0.25) is 0 Å². The number of rotatable bonds is 3. The van der Waals surface area contributed by atoms with Crippen molar-refractivity contribution in [1.82, 2.24) is 4.90 Å². The second kappa shape index (κ2) is 5.89. The predicted octanol–water partition coefficient (Wildman–Crippen LogP) is 3.44. The molecule has 0 spiro atoms. The molecule has 1 aromatic carbocycles. The Labute approximate surface area is 109 Å². The van der Waals surface area contributed by atoms with E-state index in [1.54, 1.807) is 0 Å². The third-order valence-corrected chi connectivity index (χ3v) is 3.53. The molecule has 3 heteroatoms. The van der Waals surface area contributed by atoms with Crippen LogP contribution >= 0.6 is 0 Å². The molecule has 0 saturated carbocycles. The second-order valence-corrected chi connectivity index (χ2v) is 5.10. The largest absolute Gasteiger partial charge is 0.445 e. The minimum atomic E-state index is -0.171. The molecule has 1 aliphatic rings. The number of hydrogen-bond donors (Lipinski definition) is 0. The number of hydrogen-bond acceptors (Lipinski definition) is 2. The van der Waals surface area contributed by atoms with E-state index in [0.717, 1.165) is 24.9 Å². The summed E-state index contributed by atoms with van der Waals surface area (Å²) in [6.45, 7) is 5.50. The van der Waals surface area contributed by atoms with E-state index in [2.05, 4.69) is 13.8 Å². The SMILES string of the molecule is CC[C@@H]1C[C@@H](C)CN1C(=O)OCc1ccccc1. The summed E-state index contributed by atoms with van der Waals surface area (Å²) in [5.41, 5.74) is 1.03. The fourth-order valence-corrected chi connectivity index (χ4v) is 2.56. The first-order chi connectivity index (χ1) is 8.70. The Morgan fingerprint density at radius 1 is 1.39 bits per heavy atom. The molecule has 3 nitrogen and oxygen atoms in total. The van der Waals surface area contributed by atoms with Crippen molar-refractivity contribution in [1.29, 1.82) is 0 Å². The smallest absolute Gasteiger partial charge is 0.410 e. The normalized spacial score (nSPS) is 23.1. The molecule has 1 aliphatic heterocycles. The van der Waals surface area contributed by atoms with Crippen LogP contribution < -0.4 is 0 Å². The van der Waals surface area contributed by atoms with Crippen molar-refractivity contribution in [3.63, 3.8) is 0 Å². The maximum Gasteiger partial charge on any atom is 0.410 e. The zero-order chi connectivity index (χ0) is 13.0. The van der Waals surface area contributed by atoms with Crippen LogP contribution in [0.4, 0.5) is 4.79 Å². The lowest BCUT2D eigenvalue weighted by molar-refractivity contribution is 0.0909. The Hall–Kier alpha value is -1.51. The highest BCUT2D eigenvalue weighted by atomic mass is 16.6. The quantitative estimate of drug-likeness (QED) is 0.818. The van der Waals surface area contributed by atoms with Crippen molar-refractivity contribution in [3.05, 3.63) is 35.9 Å². The van der Waals surface area contributed by atoms with E-state index in [0.29, 0.717) is 18.6 Å². The van der Waals surface area contributed by atoms with Crippen molar-refractivity contribution in [2.45, 2.75) is 39.3 Å². The fraction of sp³-hybridized carbons (Fsp3) is 0.533. The van der Waals surface area contributed by atoms with Crippen LogP contribution in [0.3, 0.4) is 0 Å². The summed E-state index contributed by atoms with van der Waals surface area (Å²) in [5.74, 6) is 0.583. The van der Waals surface area contributed by atoms with E-state index in [1.165, 1.54) is 0 Å². The molecular formula is C15H21NO2. The Balaban J connectivity index is 1.88. The van der Waals surface area contributed by atoms with Crippen LogP contribution in [0.15, 0.2) is 30.3 Å². The van der Waals surface area contributed by atoms with Crippen LogP contribution in [0, 0.1) is 5.92 Å². The molecule has 0 N–H and O–H groups in total. The molecule has 2 rings (SSSR count). The van der Waals surface area contributed by atoms with Crippen LogP contribution in [0.1, 0.15) is 32.3 Å². The Bertz CT molecular complexity index is 391. The zero-order valence-corrected chi connectivity index (χ0v) is 11.1. The Kier molecular flexibility index (Phi) is 4.24. The summed E-state index contributed by atoms with van der Waals surface area (Å²) in [6, 6.07) is 10.2. The molecule has 0 radical (unpaired) electrons. The summed E-state index contributed by atoms with van der Waals surface area (Å²) in [4.78, 5) is 13.9. The van der Waals surface area contributed by atoms with Crippen molar-refractivity contribution in [2.24, 2.45) is 5.92 Å². The van der Waals surface area contributed by atoms with Gasteiger partial charge in [0.1, 0.15) is 6.61 Å². The fourth-order valence-electron chi connectivity index (χ4n) is 2.56. The topological polar surface area (TPSA) is 29.5 Å². The van der Waals surface area contributed by atoms with Crippen LogP contribution in [-0.2, 0) is 11.3 Å². The number of likely N-dealkylation sites (tertiary alicyclic amines) is 1. The monoisotopic (exact) mass is 247 g/mol. The average Bonchev–Trinajstić information content (AvgIpc) is 2.78. The molecule has 1 heterocycles. The molecule has 1 amide bonds. The van der Waals surface area contributed by atoms with Gasteiger partial charge in [-0.25, -0.2) is 4.79 Å². The molecule has 1 saturated heterocycles. The van der Waals surface area contributed by atoms with E-state index in [4.69, 9.17) is 4.74 Å². The van der Waals surface area contributed by atoms with Crippen molar-refractivity contribution >= 4 is 6.09 Å². The molecular weight excluding hydrogens is 226 g/mol. The highest BCUT2D eigenvalue weighted by molar-refractivity contribution is 5.68. The van der Waals surface area contributed by atoms with Gasteiger partial charge >= 0.3 is 6.09 Å². The number of amides is 1. The van der Waals surface area contributed by atoms with Gasteiger partial charge in [-0.05, 0) is 24.3 Å². The molecule has 0 aliphatic carbocycles. The maximum absolute atomic E-state index is 12.0. The lowest BCUT2D eigenvalue weighted by atomic mass is 10.1. The summed E-state index contributed by atoms with van der Waals surface area (Å²) in [6.07, 6.45) is 1.93. The molecule has 1 fully saturated rings. The van der Waals surface area contributed by atoms with Crippen molar-refractivity contribution < 1.29 is 9.53 Å². The third-order valence-electron chi connectivity index (χ3n) is 3.53. The van der Waals surface area contributed by atoms with Crippen LogP contribution in [0.5, 0.6) is 0 Å². The Morgan fingerprint density at radius 2 is 2.11 bits per heavy atom. The molecule has 98 valence electrons.